The van der Waals surface area contributed by atoms with Gasteiger partial charge in [-0.25, -0.2) is 14.6 Å². The van der Waals surface area contributed by atoms with E-state index in [2.05, 4.69) is 10.9 Å². The molecule has 2 rings (SSSR count). The highest BCUT2D eigenvalue weighted by Crippen LogP contribution is 2.25. The minimum absolute atomic E-state index is 0.247. The van der Waals surface area contributed by atoms with Gasteiger partial charge in [0.05, 0.1) is 5.69 Å². The van der Waals surface area contributed by atoms with Crippen LogP contribution in [0.2, 0.25) is 0 Å². The zero-order valence-corrected chi connectivity index (χ0v) is 15.3. The number of benzene rings is 1. The maximum absolute atomic E-state index is 14.0. The first-order valence-electron chi connectivity index (χ1n) is 7.18. The number of carbonyl (C=O) groups excluding carboxylic acids is 2. The van der Waals surface area contributed by atoms with Crippen LogP contribution in [0.1, 0.15) is 27.2 Å². The van der Waals surface area contributed by atoms with Crippen molar-refractivity contribution in [2.24, 2.45) is 0 Å². The topological polar surface area (TPSA) is 70.7 Å². The molecule has 0 aliphatic carbocycles. The molecule has 1 heterocycles. The molecule has 6 nitrogen and oxygen atoms in total. The van der Waals surface area contributed by atoms with Crippen LogP contribution in [0.25, 0.3) is 0 Å². The van der Waals surface area contributed by atoms with Crippen LogP contribution in [0.15, 0.2) is 18.2 Å². The highest BCUT2D eigenvalue weighted by Gasteiger charge is 2.34. The monoisotopic (exact) mass is 435 g/mol. The van der Waals surface area contributed by atoms with Crippen molar-refractivity contribution >= 4 is 40.3 Å². The standard InChI is InChI=1S/C15H19FIN3O3/c1-15(2,3)23-14(22)19-18-11-6-7-20(13(11)21)12-5-4-9(17)8-10(12)16/h4-5,8,11,18H,6-7H2,1-3H3,(H,19,22)/t11-/m0/s1. The van der Waals surface area contributed by atoms with E-state index < -0.39 is 23.6 Å². The second-order valence-corrected chi connectivity index (χ2v) is 7.44. The van der Waals surface area contributed by atoms with Crippen molar-refractivity contribution in [3.8, 4) is 0 Å². The van der Waals surface area contributed by atoms with Gasteiger partial charge in [-0.3, -0.25) is 10.2 Å². The van der Waals surface area contributed by atoms with Crippen LogP contribution in [0, 0.1) is 9.39 Å². The predicted octanol–water partition coefficient (Wildman–Crippen LogP) is 2.56. The normalized spacial score (nSPS) is 18.2. The Morgan fingerprint density at radius 1 is 1.43 bits per heavy atom. The number of carbonyl (C=O) groups is 2. The summed E-state index contributed by atoms with van der Waals surface area (Å²) in [6, 6.07) is 4.09. The lowest BCUT2D eigenvalue weighted by Crippen LogP contribution is -2.49. The molecule has 0 saturated carbocycles. The third kappa shape index (κ3) is 4.77. The minimum atomic E-state index is -0.663. The summed E-state index contributed by atoms with van der Waals surface area (Å²) < 4.78 is 19.8. The third-order valence-electron chi connectivity index (χ3n) is 3.15. The van der Waals surface area contributed by atoms with Crippen molar-refractivity contribution in [3.63, 3.8) is 0 Å². The molecular formula is C15H19FIN3O3. The zero-order valence-electron chi connectivity index (χ0n) is 13.2. The number of anilines is 1. The highest BCUT2D eigenvalue weighted by atomic mass is 127. The molecule has 0 spiro atoms. The number of hydrazine groups is 1. The van der Waals surface area contributed by atoms with Crippen molar-refractivity contribution in [1.29, 1.82) is 0 Å². The number of ether oxygens (including phenoxy) is 1. The lowest BCUT2D eigenvalue weighted by molar-refractivity contribution is -0.119. The largest absolute Gasteiger partial charge is 0.443 e. The van der Waals surface area contributed by atoms with Gasteiger partial charge in [-0.05, 0) is 68.0 Å². The van der Waals surface area contributed by atoms with Crippen molar-refractivity contribution in [2.45, 2.75) is 38.8 Å². The fourth-order valence-electron chi connectivity index (χ4n) is 2.20. The molecule has 0 radical (unpaired) electrons. The summed E-state index contributed by atoms with van der Waals surface area (Å²) in [5, 5.41) is 0. The smallest absolute Gasteiger partial charge is 0.422 e. The van der Waals surface area contributed by atoms with Gasteiger partial charge in [0.1, 0.15) is 17.5 Å². The van der Waals surface area contributed by atoms with E-state index in [9.17, 15) is 14.0 Å². The molecule has 1 fully saturated rings. The molecule has 1 atom stereocenters. The molecule has 2 N–H and O–H groups in total. The molecule has 126 valence electrons. The van der Waals surface area contributed by atoms with Gasteiger partial charge < -0.3 is 9.64 Å². The number of hydrogen-bond acceptors (Lipinski definition) is 4. The van der Waals surface area contributed by atoms with Crippen LogP contribution in [0.4, 0.5) is 14.9 Å². The fraction of sp³-hybridized carbons (Fsp3) is 0.467. The number of rotatable bonds is 3. The van der Waals surface area contributed by atoms with Crippen LogP contribution in [-0.4, -0.2) is 30.2 Å². The summed E-state index contributed by atoms with van der Waals surface area (Å²) in [5.74, 6) is -0.729. The lowest BCUT2D eigenvalue weighted by Gasteiger charge is -2.21. The Labute approximate surface area is 147 Å². The Morgan fingerprint density at radius 2 is 2.13 bits per heavy atom. The van der Waals surface area contributed by atoms with Gasteiger partial charge in [0.25, 0.3) is 0 Å². The van der Waals surface area contributed by atoms with E-state index in [0.29, 0.717) is 13.0 Å². The SMILES string of the molecule is CC(C)(C)OC(=O)NN[C@H]1CCN(c2ccc(I)cc2F)C1=O. The average Bonchev–Trinajstić information content (AvgIpc) is 2.76. The first kappa shape index (κ1) is 17.9. The van der Waals surface area contributed by atoms with Gasteiger partial charge in [-0.2, -0.15) is 0 Å². The number of hydrogen-bond donors (Lipinski definition) is 2. The van der Waals surface area contributed by atoms with Crippen molar-refractivity contribution < 1.29 is 18.7 Å². The molecule has 2 amide bonds. The first-order valence-corrected chi connectivity index (χ1v) is 8.26. The molecule has 8 heteroatoms. The van der Waals surface area contributed by atoms with Crippen LogP contribution < -0.4 is 15.8 Å². The van der Waals surface area contributed by atoms with Crippen molar-refractivity contribution in [3.05, 3.63) is 27.6 Å². The molecule has 0 bridgehead atoms. The molecule has 0 unspecified atom stereocenters. The van der Waals surface area contributed by atoms with Gasteiger partial charge in [0, 0.05) is 10.1 Å². The van der Waals surface area contributed by atoms with E-state index in [1.807, 2.05) is 22.6 Å². The Morgan fingerprint density at radius 3 is 2.74 bits per heavy atom. The molecule has 0 aromatic heterocycles. The summed E-state index contributed by atoms with van der Waals surface area (Å²) >= 11 is 2.01. The molecule has 1 aliphatic rings. The number of nitrogens with zero attached hydrogens (tertiary/aromatic N) is 1. The Hall–Kier alpha value is -1.42. The molecule has 1 aromatic rings. The van der Waals surface area contributed by atoms with Gasteiger partial charge in [-0.15, -0.1) is 0 Å². The number of amides is 2. The second-order valence-electron chi connectivity index (χ2n) is 6.20. The second kappa shape index (κ2) is 7.00. The summed E-state index contributed by atoms with van der Waals surface area (Å²) in [5.41, 5.74) is 4.62. The molecule has 1 saturated heterocycles. The zero-order chi connectivity index (χ0) is 17.2. The van der Waals surface area contributed by atoms with Crippen LogP contribution in [-0.2, 0) is 9.53 Å². The Bertz CT molecular complexity index is 618. The average molecular weight is 435 g/mol. The van der Waals surface area contributed by atoms with E-state index in [1.54, 1.807) is 32.9 Å². The fourth-order valence-corrected chi connectivity index (χ4v) is 2.66. The quantitative estimate of drug-likeness (QED) is 0.566. The van der Waals surface area contributed by atoms with Crippen LogP contribution in [0.5, 0.6) is 0 Å². The van der Waals surface area contributed by atoms with E-state index in [1.165, 1.54) is 11.0 Å². The summed E-state index contributed by atoms with van der Waals surface area (Å²) in [7, 11) is 0. The van der Waals surface area contributed by atoms with Crippen LogP contribution >= 0.6 is 22.6 Å². The summed E-state index contributed by atoms with van der Waals surface area (Å²) in [6.07, 6.45) is -0.204. The van der Waals surface area contributed by atoms with Crippen LogP contribution in [0.3, 0.4) is 0 Å². The van der Waals surface area contributed by atoms with E-state index in [-0.39, 0.29) is 11.6 Å². The lowest BCUT2D eigenvalue weighted by atomic mass is 10.2. The van der Waals surface area contributed by atoms with E-state index in [0.717, 1.165) is 3.57 Å². The van der Waals surface area contributed by atoms with Crippen molar-refractivity contribution in [1.82, 2.24) is 10.9 Å². The summed E-state index contributed by atoms with van der Waals surface area (Å²) in [4.78, 5) is 25.3. The van der Waals surface area contributed by atoms with Gasteiger partial charge >= 0.3 is 6.09 Å². The first-order chi connectivity index (χ1) is 10.7. The highest BCUT2D eigenvalue weighted by molar-refractivity contribution is 14.1. The maximum Gasteiger partial charge on any atom is 0.422 e. The van der Waals surface area contributed by atoms with Gasteiger partial charge in [0.2, 0.25) is 5.91 Å². The minimum Gasteiger partial charge on any atom is -0.443 e. The number of halogens is 2. The van der Waals surface area contributed by atoms with Gasteiger partial charge in [0.15, 0.2) is 0 Å². The van der Waals surface area contributed by atoms with E-state index in [4.69, 9.17) is 4.74 Å². The third-order valence-corrected chi connectivity index (χ3v) is 3.82. The Kier molecular flexibility index (Phi) is 5.45. The predicted molar refractivity (Wildman–Crippen MR) is 92.4 cm³/mol. The van der Waals surface area contributed by atoms with Gasteiger partial charge in [-0.1, -0.05) is 0 Å². The molecule has 1 aliphatic heterocycles. The van der Waals surface area contributed by atoms with E-state index >= 15 is 0 Å². The molecular weight excluding hydrogens is 416 g/mol. The molecule has 23 heavy (non-hydrogen) atoms. The Balaban J connectivity index is 1.95. The summed E-state index contributed by atoms with van der Waals surface area (Å²) in [6.45, 7) is 5.61. The number of nitrogens with one attached hydrogen (secondary N) is 2. The van der Waals surface area contributed by atoms with Crippen molar-refractivity contribution in [2.75, 3.05) is 11.4 Å². The molecule has 1 aromatic carbocycles. The maximum atomic E-state index is 14.0.